The van der Waals surface area contributed by atoms with Gasteiger partial charge in [0.25, 0.3) is 5.91 Å². The maximum atomic E-state index is 13.6. The van der Waals surface area contributed by atoms with Crippen LogP contribution in [-0.2, 0) is 0 Å². The third kappa shape index (κ3) is 2.61. The van der Waals surface area contributed by atoms with Crippen LogP contribution in [0.3, 0.4) is 0 Å². The van der Waals surface area contributed by atoms with Gasteiger partial charge >= 0.3 is 0 Å². The topological polar surface area (TPSA) is 60.0 Å². The van der Waals surface area contributed by atoms with E-state index in [1.807, 2.05) is 66.7 Å². The molecule has 3 aromatic rings. The Hall–Kier alpha value is -3.93. The van der Waals surface area contributed by atoms with Crippen LogP contribution < -0.4 is 24.4 Å². The Labute approximate surface area is 173 Å². The summed E-state index contributed by atoms with van der Waals surface area (Å²) >= 11 is 0. The van der Waals surface area contributed by atoms with Crippen molar-refractivity contribution in [1.82, 2.24) is 0 Å². The van der Waals surface area contributed by atoms with Crippen LogP contribution in [-0.4, -0.2) is 25.5 Å². The van der Waals surface area contributed by atoms with Crippen LogP contribution in [0.4, 0.5) is 11.4 Å². The smallest absolute Gasteiger partial charge is 0.262 e. The number of benzene rings is 3. The summed E-state index contributed by atoms with van der Waals surface area (Å²) in [5.41, 5.74) is 4.14. The van der Waals surface area contributed by atoms with Gasteiger partial charge in [0.2, 0.25) is 6.79 Å². The van der Waals surface area contributed by atoms with Crippen molar-refractivity contribution < 1.29 is 19.0 Å². The van der Waals surface area contributed by atoms with Crippen molar-refractivity contribution in [2.45, 2.75) is 6.17 Å². The van der Waals surface area contributed by atoms with E-state index in [-0.39, 0.29) is 18.9 Å². The number of hydrogen-bond donors (Lipinski definition) is 1. The van der Waals surface area contributed by atoms with Crippen LogP contribution in [0.1, 0.15) is 15.9 Å². The number of amides is 1. The van der Waals surface area contributed by atoms with Crippen molar-refractivity contribution >= 4 is 23.4 Å². The molecule has 0 fully saturated rings. The van der Waals surface area contributed by atoms with E-state index < -0.39 is 0 Å². The number of nitrogens with zero attached hydrogens (tertiary/aromatic N) is 1. The SMILES string of the molecule is O=C1c2ccccc2NC(C2=Cc3ccccc3OC2)N1c1ccc2c(c1)OCO2. The molecule has 1 amide bonds. The highest BCUT2D eigenvalue weighted by Crippen LogP contribution is 2.40. The fraction of sp³-hybridized carbons (Fsp3) is 0.125. The van der Waals surface area contributed by atoms with Gasteiger partial charge in [-0.2, -0.15) is 0 Å². The van der Waals surface area contributed by atoms with E-state index >= 15 is 0 Å². The third-order valence-corrected chi connectivity index (χ3v) is 5.57. The number of fused-ring (bicyclic) bond motifs is 3. The zero-order valence-electron chi connectivity index (χ0n) is 16.0. The molecule has 0 radical (unpaired) electrons. The highest BCUT2D eigenvalue weighted by atomic mass is 16.7. The fourth-order valence-electron chi connectivity index (χ4n) is 4.11. The van der Waals surface area contributed by atoms with Crippen LogP contribution in [0.25, 0.3) is 6.08 Å². The summed E-state index contributed by atoms with van der Waals surface area (Å²) in [6.07, 6.45) is 1.71. The van der Waals surface area contributed by atoms with Gasteiger partial charge in [0.1, 0.15) is 18.5 Å². The first-order valence-corrected chi connectivity index (χ1v) is 9.79. The average Bonchev–Trinajstić information content (AvgIpc) is 3.26. The molecular weight excluding hydrogens is 380 g/mol. The molecule has 3 aliphatic heterocycles. The van der Waals surface area contributed by atoms with E-state index in [2.05, 4.69) is 11.4 Å². The van der Waals surface area contributed by atoms with Gasteiger partial charge in [-0.1, -0.05) is 30.3 Å². The number of para-hydroxylation sites is 2. The van der Waals surface area contributed by atoms with Crippen molar-refractivity contribution in [2.24, 2.45) is 0 Å². The van der Waals surface area contributed by atoms with Gasteiger partial charge in [0.05, 0.1) is 11.3 Å². The van der Waals surface area contributed by atoms with Crippen LogP contribution >= 0.6 is 0 Å². The lowest BCUT2D eigenvalue weighted by Crippen LogP contribution is -2.51. The quantitative estimate of drug-likeness (QED) is 0.698. The molecular formula is C24H18N2O4. The molecule has 3 heterocycles. The van der Waals surface area contributed by atoms with Crippen molar-refractivity contribution in [3.05, 3.63) is 83.4 Å². The lowest BCUT2D eigenvalue weighted by atomic mass is 9.99. The van der Waals surface area contributed by atoms with E-state index in [1.54, 1.807) is 4.90 Å². The Morgan fingerprint density at radius 2 is 1.70 bits per heavy atom. The number of anilines is 2. The average molecular weight is 398 g/mol. The third-order valence-electron chi connectivity index (χ3n) is 5.57. The molecule has 0 aromatic heterocycles. The number of carbonyl (C=O) groups excluding carboxylic acids is 1. The van der Waals surface area contributed by atoms with Gasteiger partial charge in [0.15, 0.2) is 11.5 Å². The number of hydrogen-bond acceptors (Lipinski definition) is 5. The molecule has 0 aliphatic carbocycles. The number of ether oxygens (including phenoxy) is 3. The van der Waals surface area contributed by atoms with Crippen LogP contribution in [0.2, 0.25) is 0 Å². The predicted octanol–water partition coefficient (Wildman–Crippen LogP) is 4.29. The molecule has 6 heteroatoms. The minimum absolute atomic E-state index is 0.0760. The Balaban J connectivity index is 1.48. The predicted molar refractivity (Wildman–Crippen MR) is 113 cm³/mol. The maximum absolute atomic E-state index is 13.6. The Morgan fingerprint density at radius 3 is 2.67 bits per heavy atom. The molecule has 1 unspecified atom stereocenters. The first kappa shape index (κ1) is 17.0. The first-order chi connectivity index (χ1) is 14.8. The van der Waals surface area contributed by atoms with Crippen molar-refractivity contribution in [2.75, 3.05) is 23.6 Å². The molecule has 0 saturated heterocycles. The highest BCUT2D eigenvalue weighted by molar-refractivity contribution is 6.12. The number of rotatable bonds is 2. The van der Waals surface area contributed by atoms with E-state index in [0.717, 1.165) is 28.3 Å². The summed E-state index contributed by atoms with van der Waals surface area (Å²) in [5, 5.41) is 3.53. The Morgan fingerprint density at radius 1 is 0.867 bits per heavy atom. The second-order valence-electron chi connectivity index (χ2n) is 7.35. The molecule has 1 atom stereocenters. The molecule has 0 saturated carbocycles. The highest BCUT2D eigenvalue weighted by Gasteiger charge is 2.36. The summed E-state index contributed by atoms with van der Waals surface area (Å²) in [6.45, 7) is 0.582. The van der Waals surface area contributed by atoms with Crippen LogP contribution in [0.5, 0.6) is 17.2 Å². The molecule has 3 aromatic carbocycles. The van der Waals surface area contributed by atoms with Gasteiger partial charge in [0, 0.05) is 22.9 Å². The summed E-state index contributed by atoms with van der Waals surface area (Å²) in [6, 6.07) is 21.0. The molecule has 6 nitrogen and oxygen atoms in total. The molecule has 6 rings (SSSR count). The molecule has 3 aliphatic rings. The molecule has 148 valence electrons. The summed E-state index contributed by atoms with van der Waals surface area (Å²) in [4.78, 5) is 15.3. The van der Waals surface area contributed by atoms with Crippen molar-refractivity contribution in [3.8, 4) is 17.2 Å². The van der Waals surface area contributed by atoms with E-state index in [1.165, 1.54) is 0 Å². The lowest BCUT2D eigenvalue weighted by molar-refractivity contribution is 0.0977. The Bertz CT molecular complexity index is 1200. The second kappa shape index (κ2) is 6.56. The maximum Gasteiger partial charge on any atom is 0.262 e. The van der Waals surface area contributed by atoms with E-state index in [9.17, 15) is 4.79 Å². The standard InChI is InChI=1S/C24H18N2O4/c27-24-18-6-2-3-7-19(18)25-23(16-11-15-5-1-4-8-20(15)28-13-16)26(24)17-9-10-21-22(12-17)30-14-29-21/h1-12,23,25H,13-14H2. The van der Waals surface area contributed by atoms with Gasteiger partial charge in [-0.05, 0) is 36.4 Å². The number of nitrogens with one attached hydrogen (secondary N) is 1. The van der Waals surface area contributed by atoms with Gasteiger partial charge in [-0.25, -0.2) is 0 Å². The summed E-state index contributed by atoms with van der Waals surface area (Å²) in [7, 11) is 0. The van der Waals surface area contributed by atoms with Crippen LogP contribution in [0.15, 0.2) is 72.3 Å². The molecule has 0 spiro atoms. The minimum Gasteiger partial charge on any atom is -0.488 e. The van der Waals surface area contributed by atoms with Crippen molar-refractivity contribution in [3.63, 3.8) is 0 Å². The first-order valence-electron chi connectivity index (χ1n) is 9.79. The number of carbonyl (C=O) groups is 1. The van der Waals surface area contributed by atoms with Gasteiger partial charge in [-0.3, -0.25) is 9.69 Å². The minimum atomic E-state index is -0.388. The summed E-state index contributed by atoms with van der Waals surface area (Å²) in [5.74, 6) is 2.09. The van der Waals surface area contributed by atoms with Gasteiger partial charge < -0.3 is 19.5 Å². The fourth-order valence-corrected chi connectivity index (χ4v) is 4.11. The molecule has 0 bridgehead atoms. The largest absolute Gasteiger partial charge is 0.488 e. The van der Waals surface area contributed by atoms with Gasteiger partial charge in [-0.15, -0.1) is 0 Å². The zero-order chi connectivity index (χ0) is 20.1. The normalized spacial score (nSPS) is 18.7. The summed E-state index contributed by atoms with van der Waals surface area (Å²) < 4.78 is 17.0. The van der Waals surface area contributed by atoms with E-state index in [4.69, 9.17) is 14.2 Å². The molecule has 1 N–H and O–H groups in total. The monoisotopic (exact) mass is 398 g/mol. The second-order valence-corrected chi connectivity index (χ2v) is 7.35. The zero-order valence-corrected chi connectivity index (χ0v) is 16.0. The Kier molecular flexibility index (Phi) is 3.71. The lowest BCUT2D eigenvalue weighted by Gasteiger charge is -2.40. The van der Waals surface area contributed by atoms with Crippen molar-refractivity contribution in [1.29, 1.82) is 0 Å². The van der Waals surface area contributed by atoms with E-state index in [0.29, 0.717) is 23.7 Å². The van der Waals surface area contributed by atoms with Crippen LogP contribution in [0, 0.1) is 0 Å². The molecule has 30 heavy (non-hydrogen) atoms.